The Bertz CT molecular complexity index is 1050. The zero-order valence-electron chi connectivity index (χ0n) is 15.8. The van der Waals surface area contributed by atoms with Crippen molar-refractivity contribution in [3.05, 3.63) is 65.7 Å². The molecule has 1 fully saturated rings. The van der Waals surface area contributed by atoms with Crippen LogP contribution in [-0.2, 0) is 6.18 Å². The molecule has 4 rings (SSSR count). The van der Waals surface area contributed by atoms with Gasteiger partial charge in [-0.05, 0) is 54.3 Å². The summed E-state index contributed by atoms with van der Waals surface area (Å²) in [5, 5.41) is 12.0. The minimum Gasteiger partial charge on any atom is -0.507 e. The number of aromatic hydroxyl groups is 1. The number of hydrogen-bond acceptors (Lipinski definition) is 3. The van der Waals surface area contributed by atoms with E-state index in [9.17, 15) is 18.3 Å². The maximum Gasteiger partial charge on any atom is 0.416 e. The van der Waals surface area contributed by atoms with Gasteiger partial charge in [0.2, 0.25) is 0 Å². The smallest absolute Gasteiger partial charge is 0.416 e. The lowest BCUT2D eigenvalue weighted by Gasteiger charge is -2.30. The highest BCUT2D eigenvalue weighted by Crippen LogP contribution is 2.38. The molecule has 150 valence electrons. The SMILES string of the molecule is Oc1ccc2ccccc2c1C=Nc1cc(C(F)(F)F)ccc1N1CCCCC1. The molecule has 0 atom stereocenters. The summed E-state index contributed by atoms with van der Waals surface area (Å²) in [4.78, 5) is 6.49. The number of anilines is 1. The van der Waals surface area contributed by atoms with Crippen molar-refractivity contribution in [1.29, 1.82) is 0 Å². The molecule has 1 heterocycles. The second-order valence-corrected chi connectivity index (χ2v) is 7.23. The second kappa shape index (κ2) is 7.78. The predicted octanol–water partition coefficient (Wildman–Crippen LogP) is 6.31. The fraction of sp³-hybridized carbons (Fsp3) is 0.261. The van der Waals surface area contributed by atoms with E-state index in [4.69, 9.17) is 0 Å². The zero-order valence-corrected chi connectivity index (χ0v) is 15.8. The van der Waals surface area contributed by atoms with Gasteiger partial charge in [0.15, 0.2) is 0 Å². The molecule has 0 saturated carbocycles. The molecule has 3 nitrogen and oxygen atoms in total. The number of phenols is 1. The van der Waals surface area contributed by atoms with E-state index in [0.29, 0.717) is 11.3 Å². The number of fused-ring (bicyclic) bond motifs is 1. The maximum absolute atomic E-state index is 13.3. The van der Waals surface area contributed by atoms with Crippen LogP contribution in [0.2, 0.25) is 0 Å². The Labute approximate surface area is 167 Å². The molecule has 0 aromatic heterocycles. The van der Waals surface area contributed by atoms with Gasteiger partial charge in [0.05, 0.1) is 16.9 Å². The lowest BCUT2D eigenvalue weighted by molar-refractivity contribution is -0.137. The van der Waals surface area contributed by atoms with Crippen LogP contribution in [0.5, 0.6) is 5.75 Å². The lowest BCUT2D eigenvalue weighted by atomic mass is 10.0. The highest BCUT2D eigenvalue weighted by Gasteiger charge is 2.31. The lowest BCUT2D eigenvalue weighted by Crippen LogP contribution is -2.29. The van der Waals surface area contributed by atoms with E-state index in [1.54, 1.807) is 12.1 Å². The quantitative estimate of drug-likeness (QED) is 0.525. The second-order valence-electron chi connectivity index (χ2n) is 7.23. The van der Waals surface area contributed by atoms with Gasteiger partial charge in [-0.1, -0.05) is 30.3 Å². The molecule has 1 N–H and O–H groups in total. The molecule has 0 amide bonds. The molecule has 0 aliphatic carbocycles. The molecule has 0 unspecified atom stereocenters. The van der Waals surface area contributed by atoms with E-state index < -0.39 is 11.7 Å². The van der Waals surface area contributed by atoms with Crippen molar-refractivity contribution in [1.82, 2.24) is 0 Å². The van der Waals surface area contributed by atoms with Crippen LogP contribution in [0.1, 0.15) is 30.4 Å². The zero-order chi connectivity index (χ0) is 20.4. The van der Waals surface area contributed by atoms with E-state index in [1.165, 1.54) is 12.3 Å². The normalized spacial score (nSPS) is 15.3. The Balaban J connectivity index is 1.80. The Morgan fingerprint density at radius 1 is 0.931 bits per heavy atom. The predicted molar refractivity (Wildman–Crippen MR) is 110 cm³/mol. The van der Waals surface area contributed by atoms with Gasteiger partial charge in [-0.2, -0.15) is 13.2 Å². The number of benzene rings is 3. The van der Waals surface area contributed by atoms with Crippen molar-refractivity contribution in [2.45, 2.75) is 25.4 Å². The first-order chi connectivity index (χ1) is 13.9. The Morgan fingerprint density at radius 2 is 1.69 bits per heavy atom. The van der Waals surface area contributed by atoms with Crippen molar-refractivity contribution in [3.8, 4) is 5.75 Å². The number of hydrogen-bond donors (Lipinski definition) is 1. The monoisotopic (exact) mass is 398 g/mol. The number of piperidine rings is 1. The summed E-state index contributed by atoms with van der Waals surface area (Å²) in [6.07, 6.45) is 0.162. The third kappa shape index (κ3) is 4.06. The first-order valence-corrected chi connectivity index (χ1v) is 9.64. The van der Waals surface area contributed by atoms with Crippen LogP contribution >= 0.6 is 0 Å². The van der Waals surface area contributed by atoms with Crippen molar-refractivity contribution in [2.75, 3.05) is 18.0 Å². The van der Waals surface area contributed by atoms with Gasteiger partial charge < -0.3 is 10.0 Å². The Morgan fingerprint density at radius 3 is 2.45 bits per heavy atom. The molecule has 1 aliphatic heterocycles. The molecule has 0 bridgehead atoms. The van der Waals surface area contributed by atoms with Crippen molar-refractivity contribution >= 4 is 28.4 Å². The number of rotatable bonds is 3. The third-order valence-electron chi connectivity index (χ3n) is 5.28. The van der Waals surface area contributed by atoms with Gasteiger partial charge in [-0.25, -0.2) is 0 Å². The minimum atomic E-state index is -4.44. The van der Waals surface area contributed by atoms with E-state index in [2.05, 4.69) is 9.89 Å². The van der Waals surface area contributed by atoms with Crippen LogP contribution in [0.4, 0.5) is 24.5 Å². The van der Waals surface area contributed by atoms with Crippen molar-refractivity contribution in [3.63, 3.8) is 0 Å². The van der Waals surface area contributed by atoms with Crippen LogP contribution in [0, 0.1) is 0 Å². The van der Waals surface area contributed by atoms with Crippen LogP contribution in [-0.4, -0.2) is 24.4 Å². The molecule has 1 aliphatic rings. The molecule has 3 aromatic rings. The molecule has 29 heavy (non-hydrogen) atoms. The van der Waals surface area contributed by atoms with Crippen LogP contribution in [0.15, 0.2) is 59.6 Å². The number of alkyl halides is 3. The summed E-state index contributed by atoms with van der Waals surface area (Å²) in [5.74, 6) is 0.0407. The molecule has 3 aromatic carbocycles. The van der Waals surface area contributed by atoms with Gasteiger partial charge in [0.25, 0.3) is 0 Å². The standard InChI is InChI=1S/C23H21F3N2O/c24-23(25,26)17-9-10-21(28-12-4-1-5-13-28)20(14-17)27-15-19-18-7-3-2-6-16(18)8-11-22(19)29/h2-3,6-11,14-15,29H,1,4-5,12-13H2. The first-order valence-electron chi connectivity index (χ1n) is 9.64. The van der Waals surface area contributed by atoms with Crippen LogP contribution in [0.25, 0.3) is 10.8 Å². The number of nitrogens with zero attached hydrogens (tertiary/aromatic N) is 2. The van der Waals surface area contributed by atoms with Crippen molar-refractivity contribution in [2.24, 2.45) is 4.99 Å². The maximum atomic E-state index is 13.3. The molecular formula is C23H21F3N2O. The van der Waals surface area contributed by atoms with Crippen LogP contribution in [0.3, 0.4) is 0 Å². The first kappa shape index (κ1) is 19.3. The average molecular weight is 398 g/mol. The van der Waals surface area contributed by atoms with Gasteiger partial charge in [-0.15, -0.1) is 0 Å². The Hall–Kier alpha value is -3.02. The summed E-state index contributed by atoms with van der Waals surface area (Å²) in [5.41, 5.74) is 0.709. The van der Waals surface area contributed by atoms with Gasteiger partial charge >= 0.3 is 6.18 Å². The van der Waals surface area contributed by atoms with E-state index in [1.807, 2.05) is 24.3 Å². The van der Waals surface area contributed by atoms with Crippen molar-refractivity contribution < 1.29 is 18.3 Å². The largest absolute Gasteiger partial charge is 0.507 e. The summed E-state index contributed by atoms with van der Waals surface area (Å²) in [6.45, 7) is 1.60. The highest BCUT2D eigenvalue weighted by molar-refractivity contribution is 6.03. The van der Waals surface area contributed by atoms with E-state index >= 15 is 0 Å². The Kier molecular flexibility index (Phi) is 5.18. The summed E-state index contributed by atoms with van der Waals surface area (Å²) in [7, 11) is 0. The fourth-order valence-corrected chi connectivity index (χ4v) is 3.76. The molecule has 1 saturated heterocycles. The topological polar surface area (TPSA) is 35.8 Å². The third-order valence-corrected chi connectivity index (χ3v) is 5.28. The molecule has 6 heteroatoms. The van der Waals surface area contributed by atoms with Gasteiger partial charge in [0.1, 0.15) is 5.75 Å². The highest BCUT2D eigenvalue weighted by atomic mass is 19.4. The summed E-state index contributed by atoms with van der Waals surface area (Å²) >= 11 is 0. The summed E-state index contributed by atoms with van der Waals surface area (Å²) in [6, 6.07) is 14.6. The number of aliphatic imine (C=N–C) groups is 1. The number of phenolic OH excluding ortho intramolecular Hbond substituents is 1. The average Bonchev–Trinajstić information content (AvgIpc) is 2.73. The minimum absolute atomic E-state index is 0.0407. The van der Waals surface area contributed by atoms with E-state index in [0.717, 1.165) is 55.3 Å². The van der Waals surface area contributed by atoms with Gasteiger partial charge in [-0.3, -0.25) is 4.99 Å². The number of halogens is 3. The molecule has 0 radical (unpaired) electrons. The summed E-state index contributed by atoms with van der Waals surface area (Å²) < 4.78 is 39.8. The van der Waals surface area contributed by atoms with E-state index in [-0.39, 0.29) is 11.4 Å². The van der Waals surface area contributed by atoms with Crippen LogP contribution < -0.4 is 4.90 Å². The molecular weight excluding hydrogens is 377 g/mol. The fourth-order valence-electron chi connectivity index (χ4n) is 3.76. The van der Waals surface area contributed by atoms with Gasteiger partial charge in [0, 0.05) is 24.9 Å². The molecule has 0 spiro atoms.